The number of nitrogens with zero attached hydrogens (tertiary/aromatic N) is 1. The fraction of sp³-hybridized carbons (Fsp3) is 0.500. The number of carbonyl (C=O) groups is 1. The van der Waals surface area contributed by atoms with Crippen LogP contribution in [-0.2, 0) is 0 Å². The van der Waals surface area contributed by atoms with E-state index in [0.717, 1.165) is 12.2 Å². The lowest BCUT2D eigenvalue weighted by Crippen LogP contribution is -2.34. The number of likely N-dealkylation sites (N-methyl/N-ethyl adjacent to an activating group) is 1. The molecule has 0 aromatic heterocycles. The topological polar surface area (TPSA) is 40.5 Å². The first-order valence-corrected chi connectivity index (χ1v) is 7.45. The van der Waals surface area contributed by atoms with Gasteiger partial charge in [0.05, 0.1) is 6.54 Å². The summed E-state index contributed by atoms with van der Waals surface area (Å²) < 4.78 is 0. The van der Waals surface area contributed by atoms with E-state index in [1.165, 1.54) is 0 Å². The Hall–Kier alpha value is -1.00. The van der Waals surface area contributed by atoms with E-state index in [4.69, 9.17) is 0 Å². The Balaban J connectivity index is 2.51. The van der Waals surface area contributed by atoms with Gasteiger partial charge in [0.25, 0.3) is 0 Å². The smallest absolute Gasteiger partial charge is 0.176 e. The van der Waals surface area contributed by atoms with Crippen LogP contribution in [0.15, 0.2) is 24.3 Å². The molecule has 0 bridgehead atoms. The Morgan fingerprint density at radius 3 is 2.56 bits per heavy atom. The van der Waals surface area contributed by atoms with Gasteiger partial charge in [0.15, 0.2) is 5.78 Å². The molecule has 100 valence electrons. The molecule has 1 unspecified atom stereocenters. The van der Waals surface area contributed by atoms with Crippen LogP contribution in [0.3, 0.4) is 0 Å². The number of phenolic OH excluding ortho intramolecular Hbond substituents is 1. The molecule has 3 nitrogen and oxygen atoms in total. The van der Waals surface area contributed by atoms with Gasteiger partial charge in [-0.05, 0) is 56.7 Å². The highest BCUT2D eigenvalue weighted by molar-refractivity contribution is 7.98. The number of hydrogen-bond donors (Lipinski definition) is 1. The third-order valence-electron chi connectivity index (χ3n) is 3.07. The molecule has 0 aliphatic heterocycles. The van der Waals surface area contributed by atoms with E-state index in [-0.39, 0.29) is 11.5 Å². The predicted molar refractivity (Wildman–Crippen MR) is 77.5 cm³/mol. The van der Waals surface area contributed by atoms with Gasteiger partial charge < -0.3 is 5.11 Å². The molecule has 18 heavy (non-hydrogen) atoms. The van der Waals surface area contributed by atoms with Crippen LogP contribution in [0.2, 0.25) is 0 Å². The minimum Gasteiger partial charge on any atom is -0.508 e. The standard InChI is InChI=1S/C14H21NO2S/c1-11(8-9-18-3)15(2)10-14(17)12-4-6-13(16)7-5-12/h4-7,11,16H,8-10H2,1-3H3. The summed E-state index contributed by atoms with van der Waals surface area (Å²) in [6, 6.07) is 6.82. The van der Waals surface area contributed by atoms with E-state index in [1.54, 1.807) is 24.3 Å². The summed E-state index contributed by atoms with van der Waals surface area (Å²) in [6.45, 7) is 2.56. The molecule has 0 radical (unpaired) electrons. The second-order valence-electron chi connectivity index (χ2n) is 4.52. The van der Waals surface area contributed by atoms with Crippen LogP contribution < -0.4 is 0 Å². The number of Topliss-reactive ketones (excluding diaryl/α,β-unsaturated/α-hetero) is 1. The Morgan fingerprint density at radius 1 is 1.39 bits per heavy atom. The minimum atomic E-state index is 0.0912. The van der Waals surface area contributed by atoms with Crippen molar-refractivity contribution in [2.45, 2.75) is 19.4 Å². The summed E-state index contributed by atoms with van der Waals surface area (Å²) in [5, 5.41) is 9.18. The van der Waals surface area contributed by atoms with E-state index in [9.17, 15) is 9.90 Å². The van der Waals surface area contributed by atoms with E-state index in [0.29, 0.717) is 18.2 Å². The van der Waals surface area contributed by atoms with Crippen molar-refractivity contribution in [2.24, 2.45) is 0 Å². The highest BCUT2D eigenvalue weighted by Gasteiger charge is 2.14. The number of rotatable bonds is 7. The minimum absolute atomic E-state index is 0.0912. The quantitative estimate of drug-likeness (QED) is 0.771. The SMILES string of the molecule is CSCCC(C)N(C)CC(=O)c1ccc(O)cc1. The average Bonchev–Trinajstić information content (AvgIpc) is 2.36. The molecule has 0 fully saturated rings. The molecule has 0 spiro atoms. The largest absolute Gasteiger partial charge is 0.508 e. The molecule has 1 aromatic rings. The Kier molecular flexibility index (Phi) is 6.22. The molecule has 0 saturated carbocycles. The number of phenols is 1. The van der Waals surface area contributed by atoms with Gasteiger partial charge in [-0.25, -0.2) is 0 Å². The summed E-state index contributed by atoms with van der Waals surface area (Å²) >= 11 is 1.82. The summed E-state index contributed by atoms with van der Waals surface area (Å²) in [5.41, 5.74) is 0.650. The molecule has 4 heteroatoms. The summed E-state index contributed by atoms with van der Waals surface area (Å²) in [4.78, 5) is 14.1. The third kappa shape index (κ3) is 4.70. The second kappa shape index (κ2) is 7.44. The lowest BCUT2D eigenvalue weighted by atomic mass is 10.1. The van der Waals surface area contributed by atoms with Gasteiger partial charge in [0.1, 0.15) is 5.75 Å². The number of aromatic hydroxyl groups is 1. The molecule has 0 aliphatic rings. The summed E-state index contributed by atoms with van der Waals surface area (Å²) in [6.07, 6.45) is 3.18. The summed E-state index contributed by atoms with van der Waals surface area (Å²) in [5.74, 6) is 1.39. The van der Waals surface area contributed by atoms with Crippen molar-refractivity contribution in [3.63, 3.8) is 0 Å². The van der Waals surface area contributed by atoms with Crippen LogP contribution in [-0.4, -0.2) is 47.4 Å². The molecule has 1 N–H and O–H groups in total. The maximum atomic E-state index is 12.0. The zero-order valence-corrected chi connectivity index (χ0v) is 12.0. The van der Waals surface area contributed by atoms with Crippen LogP contribution >= 0.6 is 11.8 Å². The van der Waals surface area contributed by atoms with Gasteiger partial charge in [-0.1, -0.05) is 0 Å². The first-order valence-electron chi connectivity index (χ1n) is 6.06. The number of benzene rings is 1. The predicted octanol–water partition coefficient (Wildman–Crippen LogP) is 2.65. The van der Waals surface area contributed by atoms with Gasteiger partial charge in [0.2, 0.25) is 0 Å². The van der Waals surface area contributed by atoms with Gasteiger partial charge in [-0.3, -0.25) is 9.69 Å². The van der Waals surface area contributed by atoms with E-state index < -0.39 is 0 Å². The van der Waals surface area contributed by atoms with Crippen molar-refractivity contribution >= 4 is 17.5 Å². The Bertz CT molecular complexity index is 378. The van der Waals surface area contributed by atoms with Crippen LogP contribution in [0.1, 0.15) is 23.7 Å². The van der Waals surface area contributed by atoms with Gasteiger partial charge in [-0.2, -0.15) is 11.8 Å². The van der Waals surface area contributed by atoms with Crippen molar-refractivity contribution in [3.8, 4) is 5.75 Å². The van der Waals surface area contributed by atoms with E-state index in [1.807, 2.05) is 18.8 Å². The van der Waals surface area contributed by atoms with Crippen molar-refractivity contribution in [2.75, 3.05) is 25.6 Å². The van der Waals surface area contributed by atoms with Crippen LogP contribution in [0.25, 0.3) is 0 Å². The van der Waals surface area contributed by atoms with Crippen LogP contribution in [0, 0.1) is 0 Å². The van der Waals surface area contributed by atoms with Gasteiger partial charge >= 0.3 is 0 Å². The molecule has 0 aliphatic carbocycles. The molecule has 0 amide bonds. The van der Waals surface area contributed by atoms with Crippen molar-refractivity contribution in [1.29, 1.82) is 0 Å². The molecular formula is C14H21NO2S. The number of thioether (sulfide) groups is 1. The van der Waals surface area contributed by atoms with Gasteiger partial charge in [0, 0.05) is 11.6 Å². The highest BCUT2D eigenvalue weighted by atomic mass is 32.2. The number of carbonyl (C=O) groups excluding carboxylic acids is 1. The lowest BCUT2D eigenvalue weighted by Gasteiger charge is -2.23. The maximum absolute atomic E-state index is 12.0. The third-order valence-corrected chi connectivity index (χ3v) is 3.72. The van der Waals surface area contributed by atoms with Gasteiger partial charge in [-0.15, -0.1) is 0 Å². The number of hydrogen-bond acceptors (Lipinski definition) is 4. The maximum Gasteiger partial charge on any atom is 0.176 e. The second-order valence-corrected chi connectivity index (χ2v) is 5.50. The van der Waals surface area contributed by atoms with Crippen molar-refractivity contribution in [1.82, 2.24) is 4.90 Å². The molecule has 1 rings (SSSR count). The van der Waals surface area contributed by atoms with Crippen LogP contribution in [0.5, 0.6) is 5.75 Å². The number of ketones is 1. The lowest BCUT2D eigenvalue weighted by molar-refractivity contribution is 0.0923. The highest BCUT2D eigenvalue weighted by Crippen LogP contribution is 2.12. The van der Waals surface area contributed by atoms with Crippen LogP contribution in [0.4, 0.5) is 0 Å². The molecular weight excluding hydrogens is 246 g/mol. The molecule has 0 saturated heterocycles. The summed E-state index contributed by atoms with van der Waals surface area (Å²) in [7, 11) is 1.98. The van der Waals surface area contributed by atoms with Crippen molar-refractivity contribution in [3.05, 3.63) is 29.8 Å². The normalized spacial score (nSPS) is 12.7. The van der Waals surface area contributed by atoms with E-state index in [2.05, 4.69) is 18.1 Å². The first kappa shape index (κ1) is 15.1. The fourth-order valence-electron chi connectivity index (χ4n) is 1.63. The first-order chi connectivity index (χ1) is 8.54. The molecule has 1 atom stereocenters. The average molecular weight is 267 g/mol. The van der Waals surface area contributed by atoms with Crippen molar-refractivity contribution < 1.29 is 9.90 Å². The molecule has 1 aromatic carbocycles. The van der Waals surface area contributed by atoms with E-state index >= 15 is 0 Å². The zero-order valence-electron chi connectivity index (χ0n) is 11.2. The Morgan fingerprint density at radius 2 is 2.00 bits per heavy atom. The monoisotopic (exact) mass is 267 g/mol. The zero-order chi connectivity index (χ0) is 13.5. The fourth-order valence-corrected chi connectivity index (χ4v) is 2.21. The molecule has 0 heterocycles. The Labute approximate surface area is 113 Å².